The Bertz CT molecular complexity index is 563. The van der Waals surface area contributed by atoms with Crippen molar-refractivity contribution in [3.05, 3.63) is 29.3 Å². The summed E-state index contributed by atoms with van der Waals surface area (Å²) in [6.45, 7) is 5.69. The van der Waals surface area contributed by atoms with E-state index in [1.807, 2.05) is 13.0 Å². The summed E-state index contributed by atoms with van der Waals surface area (Å²) in [7, 11) is -3.69. The number of carbonyl (C=O) groups excluding carboxylic acids is 1. The van der Waals surface area contributed by atoms with Gasteiger partial charge < -0.3 is 8.92 Å². The Balaban J connectivity index is 2.58. The Morgan fingerprint density at radius 1 is 1.25 bits per heavy atom. The van der Waals surface area contributed by atoms with Crippen LogP contribution in [0.5, 0.6) is 5.75 Å². The molecule has 1 aromatic carbocycles. The summed E-state index contributed by atoms with van der Waals surface area (Å²) in [6.07, 6.45) is 0.259. The van der Waals surface area contributed by atoms with Crippen LogP contribution in [0, 0.1) is 13.8 Å². The summed E-state index contributed by atoms with van der Waals surface area (Å²) < 4.78 is 33.5. The first-order valence-electron chi connectivity index (χ1n) is 6.49. The molecule has 0 radical (unpaired) electrons. The molecule has 0 aliphatic carbocycles. The largest absolute Gasteiger partial charge is 0.466 e. The third-order valence-electron chi connectivity index (χ3n) is 2.85. The molecule has 6 heteroatoms. The summed E-state index contributed by atoms with van der Waals surface area (Å²) in [5.74, 6) is -0.269. The fourth-order valence-corrected chi connectivity index (χ4v) is 2.65. The number of ether oxygens (including phenoxy) is 1. The Labute approximate surface area is 120 Å². The minimum atomic E-state index is -3.69. The van der Waals surface area contributed by atoms with E-state index in [1.54, 1.807) is 26.0 Å². The maximum Gasteiger partial charge on any atom is 0.309 e. The number of rotatable bonds is 7. The lowest BCUT2D eigenvalue weighted by Gasteiger charge is -2.10. The van der Waals surface area contributed by atoms with Crippen LogP contribution in [0.3, 0.4) is 0 Å². The number of hydrogen-bond acceptors (Lipinski definition) is 5. The Hall–Kier alpha value is -1.56. The van der Waals surface area contributed by atoms with Crippen molar-refractivity contribution in [2.75, 3.05) is 12.4 Å². The lowest BCUT2D eigenvalue weighted by atomic mass is 10.1. The average Bonchev–Trinajstić information content (AvgIpc) is 2.35. The molecule has 0 aromatic heterocycles. The van der Waals surface area contributed by atoms with E-state index in [0.717, 1.165) is 11.1 Å². The highest BCUT2D eigenvalue weighted by Gasteiger charge is 2.16. The maximum absolute atomic E-state index is 11.8. The Morgan fingerprint density at radius 3 is 2.60 bits per heavy atom. The molecule has 0 heterocycles. The molecule has 0 N–H and O–H groups in total. The smallest absolute Gasteiger partial charge is 0.309 e. The topological polar surface area (TPSA) is 69.7 Å². The highest BCUT2D eigenvalue weighted by atomic mass is 32.2. The maximum atomic E-state index is 11.8. The fraction of sp³-hybridized carbons (Fsp3) is 0.500. The van der Waals surface area contributed by atoms with Gasteiger partial charge in [-0.3, -0.25) is 4.79 Å². The SMILES string of the molecule is CCOC(=O)CCCS(=O)(=O)Oc1cccc(C)c1C. The Morgan fingerprint density at radius 2 is 1.95 bits per heavy atom. The van der Waals surface area contributed by atoms with Crippen LogP contribution < -0.4 is 4.18 Å². The predicted molar refractivity (Wildman–Crippen MR) is 76.2 cm³/mol. The molecule has 20 heavy (non-hydrogen) atoms. The zero-order valence-electron chi connectivity index (χ0n) is 12.0. The second-order valence-corrected chi connectivity index (χ2v) is 6.14. The predicted octanol–water partition coefficient (Wildman–Crippen LogP) is 2.36. The lowest BCUT2D eigenvalue weighted by molar-refractivity contribution is -0.143. The monoisotopic (exact) mass is 300 g/mol. The van der Waals surface area contributed by atoms with Crippen molar-refractivity contribution in [1.82, 2.24) is 0 Å². The van der Waals surface area contributed by atoms with E-state index >= 15 is 0 Å². The second-order valence-electron chi connectivity index (χ2n) is 4.45. The first-order valence-corrected chi connectivity index (χ1v) is 8.07. The standard InChI is InChI=1S/C14H20O5S/c1-4-18-14(15)9-6-10-20(16,17)19-13-8-5-7-11(2)12(13)3/h5,7-8H,4,6,9-10H2,1-3H3. The van der Waals surface area contributed by atoms with Crippen molar-refractivity contribution >= 4 is 16.1 Å². The van der Waals surface area contributed by atoms with Crippen molar-refractivity contribution in [1.29, 1.82) is 0 Å². The molecule has 0 unspecified atom stereocenters. The summed E-state index contributed by atoms with van der Waals surface area (Å²) in [4.78, 5) is 11.1. The summed E-state index contributed by atoms with van der Waals surface area (Å²) >= 11 is 0. The number of carbonyl (C=O) groups is 1. The number of esters is 1. The van der Waals surface area contributed by atoms with Crippen LogP contribution in [-0.2, 0) is 19.6 Å². The van der Waals surface area contributed by atoms with Crippen molar-refractivity contribution in [3.63, 3.8) is 0 Å². The molecule has 5 nitrogen and oxygen atoms in total. The van der Waals surface area contributed by atoms with Gasteiger partial charge in [0, 0.05) is 6.42 Å². The molecular formula is C14H20O5S. The summed E-state index contributed by atoms with van der Waals surface area (Å²) in [6, 6.07) is 5.24. The number of benzene rings is 1. The van der Waals surface area contributed by atoms with Crippen LogP contribution >= 0.6 is 0 Å². The van der Waals surface area contributed by atoms with E-state index in [1.165, 1.54) is 0 Å². The van der Waals surface area contributed by atoms with Gasteiger partial charge in [-0.1, -0.05) is 12.1 Å². The van der Waals surface area contributed by atoms with Gasteiger partial charge in [0.2, 0.25) is 0 Å². The minimum absolute atomic E-state index is 0.0726. The molecule has 0 fully saturated rings. The molecule has 1 aromatic rings. The van der Waals surface area contributed by atoms with E-state index in [-0.39, 0.29) is 18.6 Å². The van der Waals surface area contributed by atoms with Crippen LogP contribution in [0.2, 0.25) is 0 Å². The van der Waals surface area contributed by atoms with Gasteiger partial charge in [-0.05, 0) is 44.4 Å². The average molecular weight is 300 g/mol. The first-order chi connectivity index (χ1) is 9.35. The van der Waals surface area contributed by atoms with E-state index in [4.69, 9.17) is 8.92 Å². The molecule has 0 atom stereocenters. The van der Waals surface area contributed by atoms with E-state index < -0.39 is 16.1 Å². The summed E-state index contributed by atoms with van der Waals surface area (Å²) in [5, 5.41) is 0. The molecule has 112 valence electrons. The third-order valence-corrected chi connectivity index (χ3v) is 4.07. The van der Waals surface area contributed by atoms with Crippen LogP contribution in [0.1, 0.15) is 30.9 Å². The molecule has 0 saturated heterocycles. The normalized spacial score (nSPS) is 11.2. The molecule has 0 aliphatic heterocycles. The van der Waals surface area contributed by atoms with Crippen LogP contribution in [-0.4, -0.2) is 26.7 Å². The van der Waals surface area contributed by atoms with Crippen LogP contribution in [0.25, 0.3) is 0 Å². The van der Waals surface area contributed by atoms with Gasteiger partial charge in [-0.2, -0.15) is 8.42 Å². The quantitative estimate of drug-likeness (QED) is 0.571. The van der Waals surface area contributed by atoms with Crippen molar-refractivity contribution in [2.24, 2.45) is 0 Å². The Kier molecular flexibility index (Phi) is 6.01. The molecule has 0 amide bonds. The van der Waals surface area contributed by atoms with Gasteiger partial charge in [-0.15, -0.1) is 0 Å². The second kappa shape index (κ2) is 7.28. The molecule has 0 aliphatic rings. The number of aryl methyl sites for hydroxylation is 1. The summed E-state index contributed by atoms with van der Waals surface area (Å²) in [5.41, 5.74) is 1.76. The fourth-order valence-electron chi connectivity index (χ4n) is 1.62. The van der Waals surface area contributed by atoms with E-state index in [0.29, 0.717) is 12.4 Å². The van der Waals surface area contributed by atoms with Gasteiger partial charge >= 0.3 is 16.1 Å². The van der Waals surface area contributed by atoms with Crippen molar-refractivity contribution in [3.8, 4) is 5.75 Å². The highest BCUT2D eigenvalue weighted by molar-refractivity contribution is 7.87. The molecular weight excluding hydrogens is 280 g/mol. The molecule has 1 rings (SSSR count). The van der Waals surface area contributed by atoms with E-state index in [9.17, 15) is 13.2 Å². The third kappa shape index (κ3) is 5.21. The van der Waals surface area contributed by atoms with Gasteiger partial charge in [0.25, 0.3) is 0 Å². The van der Waals surface area contributed by atoms with Crippen molar-refractivity contribution in [2.45, 2.75) is 33.6 Å². The van der Waals surface area contributed by atoms with Gasteiger partial charge in [0.05, 0.1) is 12.4 Å². The van der Waals surface area contributed by atoms with Gasteiger partial charge in [-0.25, -0.2) is 0 Å². The number of hydrogen-bond donors (Lipinski definition) is 0. The van der Waals surface area contributed by atoms with Crippen LogP contribution in [0.4, 0.5) is 0 Å². The molecule has 0 spiro atoms. The van der Waals surface area contributed by atoms with Crippen molar-refractivity contribution < 1.29 is 22.1 Å². The zero-order chi connectivity index (χ0) is 15.2. The highest BCUT2D eigenvalue weighted by Crippen LogP contribution is 2.22. The van der Waals surface area contributed by atoms with E-state index in [2.05, 4.69) is 0 Å². The first kappa shape index (κ1) is 16.5. The lowest BCUT2D eigenvalue weighted by Crippen LogP contribution is -2.16. The molecule has 0 saturated carbocycles. The van der Waals surface area contributed by atoms with Crippen LogP contribution in [0.15, 0.2) is 18.2 Å². The minimum Gasteiger partial charge on any atom is -0.466 e. The molecule has 0 bridgehead atoms. The van der Waals surface area contributed by atoms with Gasteiger partial charge in [0.1, 0.15) is 5.75 Å². The van der Waals surface area contributed by atoms with Gasteiger partial charge in [0.15, 0.2) is 0 Å². The zero-order valence-corrected chi connectivity index (χ0v) is 12.8.